The van der Waals surface area contributed by atoms with Gasteiger partial charge in [0.25, 0.3) is 0 Å². The third-order valence-corrected chi connectivity index (χ3v) is 6.77. The van der Waals surface area contributed by atoms with Crippen molar-refractivity contribution in [2.75, 3.05) is 0 Å². The van der Waals surface area contributed by atoms with Crippen molar-refractivity contribution < 1.29 is 4.39 Å². The van der Waals surface area contributed by atoms with E-state index in [0.717, 1.165) is 30.1 Å². The molecule has 1 aromatic rings. The van der Waals surface area contributed by atoms with E-state index in [1.807, 2.05) is 12.1 Å². The molecule has 0 saturated heterocycles. The Labute approximate surface area is 153 Å². The molecule has 0 bridgehead atoms. The molecule has 0 aliphatic heterocycles. The highest BCUT2D eigenvalue weighted by Gasteiger charge is 2.21. The average Bonchev–Trinajstić information content (AvgIpc) is 2.67. The summed E-state index contributed by atoms with van der Waals surface area (Å²) >= 11 is 0. The Hall–Kier alpha value is -1.11. The van der Waals surface area contributed by atoms with Gasteiger partial charge in [0, 0.05) is 0 Å². The van der Waals surface area contributed by atoms with Crippen molar-refractivity contribution in [3.8, 4) is 0 Å². The fourth-order valence-corrected chi connectivity index (χ4v) is 4.79. The van der Waals surface area contributed by atoms with Crippen LogP contribution in [0.2, 0.25) is 0 Å². The SMILES string of the molecule is CCC1CCC(C=CC2CCC(CCc3ccc(F)cc3)CC2)CC1. The van der Waals surface area contributed by atoms with E-state index < -0.39 is 0 Å². The molecule has 2 fully saturated rings. The molecule has 0 N–H and O–H groups in total. The molecule has 0 atom stereocenters. The monoisotopic (exact) mass is 342 g/mol. The van der Waals surface area contributed by atoms with Gasteiger partial charge >= 0.3 is 0 Å². The van der Waals surface area contributed by atoms with E-state index in [1.54, 1.807) is 12.1 Å². The minimum atomic E-state index is -0.126. The summed E-state index contributed by atoms with van der Waals surface area (Å²) in [5.41, 5.74) is 1.28. The first-order valence-electron chi connectivity index (χ1n) is 10.7. The number of halogens is 1. The zero-order valence-corrected chi connectivity index (χ0v) is 15.9. The molecule has 138 valence electrons. The molecule has 3 rings (SSSR count). The highest BCUT2D eigenvalue weighted by molar-refractivity contribution is 5.16. The summed E-state index contributed by atoms with van der Waals surface area (Å²) in [4.78, 5) is 0. The van der Waals surface area contributed by atoms with Crippen molar-refractivity contribution in [2.24, 2.45) is 23.7 Å². The Balaban J connectivity index is 1.34. The number of hydrogen-bond acceptors (Lipinski definition) is 0. The summed E-state index contributed by atoms with van der Waals surface area (Å²) in [5.74, 6) is 3.43. The maximum Gasteiger partial charge on any atom is 0.123 e. The van der Waals surface area contributed by atoms with Gasteiger partial charge in [-0.3, -0.25) is 0 Å². The van der Waals surface area contributed by atoms with Crippen molar-refractivity contribution in [2.45, 2.75) is 77.6 Å². The van der Waals surface area contributed by atoms with Crippen LogP contribution >= 0.6 is 0 Å². The summed E-state index contributed by atoms with van der Waals surface area (Å²) in [6, 6.07) is 7.06. The second kappa shape index (κ2) is 9.55. The van der Waals surface area contributed by atoms with E-state index in [2.05, 4.69) is 19.1 Å². The molecular formula is C24H35F. The molecule has 0 heterocycles. The summed E-state index contributed by atoms with van der Waals surface area (Å²) in [5, 5.41) is 0. The van der Waals surface area contributed by atoms with Crippen molar-refractivity contribution >= 4 is 0 Å². The molecule has 0 radical (unpaired) electrons. The lowest BCUT2D eigenvalue weighted by Crippen LogP contribution is -2.15. The predicted molar refractivity (Wildman–Crippen MR) is 105 cm³/mol. The summed E-state index contributed by atoms with van der Waals surface area (Å²) in [6.07, 6.45) is 20.1. The Bertz CT molecular complexity index is 514. The predicted octanol–water partition coefficient (Wildman–Crippen LogP) is 7.34. The van der Waals surface area contributed by atoms with Crippen molar-refractivity contribution in [1.29, 1.82) is 0 Å². The topological polar surface area (TPSA) is 0 Å². The van der Waals surface area contributed by atoms with Gasteiger partial charge in [-0.25, -0.2) is 4.39 Å². The van der Waals surface area contributed by atoms with E-state index in [4.69, 9.17) is 0 Å². The average molecular weight is 343 g/mol. The zero-order valence-electron chi connectivity index (χ0n) is 15.9. The molecule has 1 aromatic carbocycles. The van der Waals surface area contributed by atoms with E-state index in [-0.39, 0.29) is 5.82 Å². The Morgan fingerprint density at radius 2 is 1.32 bits per heavy atom. The maximum atomic E-state index is 13.0. The second-order valence-electron chi connectivity index (χ2n) is 8.52. The van der Waals surface area contributed by atoms with Crippen LogP contribution in [0, 0.1) is 29.5 Å². The van der Waals surface area contributed by atoms with Crippen LogP contribution in [-0.2, 0) is 6.42 Å². The second-order valence-corrected chi connectivity index (χ2v) is 8.52. The number of allylic oxidation sites excluding steroid dienone is 2. The molecule has 0 spiro atoms. The van der Waals surface area contributed by atoms with Gasteiger partial charge < -0.3 is 0 Å². The highest BCUT2D eigenvalue weighted by atomic mass is 19.1. The van der Waals surface area contributed by atoms with Crippen LogP contribution in [0.3, 0.4) is 0 Å². The molecule has 25 heavy (non-hydrogen) atoms. The molecule has 0 aromatic heterocycles. The molecule has 0 amide bonds. The van der Waals surface area contributed by atoms with Crippen LogP contribution in [-0.4, -0.2) is 0 Å². The van der Waals surface area contributed by atoms with E-state index in [9.17, 15) is 4.39 Å². The lowest BCUT2D eigenvalue weighted by molar-refractivity contribution is 0.289. The van der Waals surface area contributed by atoms with Gasteiger partial charge in [0.15, 0.2) is 0 Å². The standard InChI is InChI=1S/C24H35F/c1-2-19-3-5-20(6-4-19)7-8-21-9-11-22(12-10-21)13-14-23-15-17-24(25)18-16-23/h7-8,15-22H,2-6,9-14H2,1H3. The molecular weight excluding hydrogens is 307 g/mol. The minimum Gasteiger partial charge on any atom is -0.207 e. The van der Waals surface area contributed by atoms with Crippen LogP contribution in [0.4, 0.5) is 4.39 Å². The highest BCUT2D eigenvalue weighted by Crippen LogP contribution is 2.35. The van der Waals surface area contributed by atoms with E-state index >= 15 is 0 Å². The fourth-order valence-electron chi connectivity index (χ4n) is 4.79. The van der Waals surface area contributed by atoms with Gasteiger partial charge in [-0.15, -0.1) is 0 Å². The molecule has 0 unspecified atom stereocenters. The number of aryl methyl sites for hydroxylation is 1. The summed E-state index contributed by atoms with van der Waals surface area (Å²) < 4.78 is 13.0. The normalized spacial score (nSPS) is 30.6. The van der Waals surface area contributed by atoms with Gasteiger partial charge in [0.2, 0.25) is 0 Å². The summed E-state index contributed by atoms with van der Waals surface area (Å²) in [7, 11) is 0. The number of benzene rings is 1. The lowest BCUT2D eigenvalue weighted by Gasteiger charge is -2.28. The first-order chi connectivity index (χ1) is 12.2. The molecule has 1 heteroatoms. The van der Waals surface area contributed by atoms with Crippen LogP contribution in [0.5, 0.6) is 0 Å². The first kappa shape index (κ1) is 18.7. The van der Waals surface area contributed by atoms with Crippen LogP contribution in [0.1, 0.15) is 76.7 Å². The van der Waals surface area contributed by atoms with Crippen molar-refractivity contribution in [1.82, 2.24) is 0 Å². The van der Waals surface area contributed by atoms with Crippen LogP contribution < -0.4 is 0 Å². The third kappa shape index (κ3) is 5.97. The molecule has 2 aliphatic carbocycles. The summed E-state index contributed by atoms with van der Waals surface area (Å²) in [6.45, 7) is 2.34. The largest absolute Gasteiger partial charge is 0.207 e. The van der Waals surface area contributed by atoms with Gasteiger partial charge in [-0.05, 0) is 106 Å². The minimum absolute atomic E-state index is 0.126. The van der Waals surface area contributed by atoms with Gasteiger partial charge in [0.05, 0.1) is 0 Å². The third-order valence-electron chi connectivity index (χ3n) is 6.77. The molecule has 2 aliphatic rings. The van der Waals surface area contributed by atoms with Crippen molar-refractivity contribution in [3.05, 3.63) is 47.8 Å². The van der Waals surface area contributed by atoms with E-state index in [0.29, 0.717) is 0 Å². The van der Waals surface area contributed by atoms with Crippen LogP contribution in [0.15, 0.2) is 36.4 Å². The quantitative estimate of drug-likeness (QED) is 0.474. The van der Waals surface area contributed by atoms with Gasteiger partial charge in [-0.2, -0.15) is 0 Å². The zero-order chi connectivity index (χ0) is 17.5. The molecule has 2 saturated carbocycles. The first-order valence-corrected chi connectivity index (χ1v) is 10.7. The molecule has 0 nitrogen and oxygen atoms in total. The van der Waals surface area contributed by atoms with Gasteiger partial charge in [-0.1, -0.05) is 37.6 Å². The fraction of sp³-hybridized carbons (Fsp3) is 0.667. The van der Waals surface area contributed by atoms with Gasteiger partial charge in [0.1, 0.15) is 5.82 Å². The maximum absolute atomic E-state index is 13.0. The Kier molecular flexibility index (Phi) is 7.13. The van der Waals surface area contributed by atoms with Crippen molar-refractivity contribution in [3.63, 3.8) is 0 Å². The number of rotatable bonds is 6. The Morgan fingerprint density at radius 3 is 1.84 bits per heavy atom. The lowest BCUT2D eigenvalue weighted by atomic mass is 9.77. The number of hydrogen-bond donors (Lipinski definition) is 0. The smallest absolute Gasteiger partial charge is 0.123 e. The van der Waals surface area contributed by atoms with E-state index in [1.165, 1.54) is 69.8 Å². The Morgan fingerprint density at radius 1 is 0.800 bits per heavy atom. The van der Waals surface area contributed by atoms with Crippen LogP contribution in [0.25, 0.3) is 0 Å².